The van der Waals surface area contributed by atoms with E-state index >= 15 is 0 Å². The summed E-state index contributed by atoms with van der Waals surface area (Å²) < 4.78 is 11.1. The molecule has 0 bridgehead atoms. The van der Waals surface area contributed by atoms with Crippen LogP contribution in [0.3, 0.4) is 0 Å². The van der Waals surface area contributed by atoms with E-state index in [9.17, 15) is 4.79 Å². The van der Waals surface area contributed by atoms with Crippen LogP contribution < -0.4 is 15.8 Å². The van der Waals surface area contributed by atoms with Crippen LogP contribution in [0.2, 0.25) is 0 Å². The highest BCUT2D eigenvalue weighted by Crippen LogP contribution is 2.19. The summed E-state index contributed by atoms with van der Waals surface area (Å²) in [4.78, 5) is 11.8. The van der Waals surface area contributed by atoms with Crippen LogP contribution in [-0.2, 0) is 9.53 Å². The first-order valence-electron chi connectivity index (χ1n) is 8.12. The highest BCUT2D eigenvalue weighted by Gasteiger charge is 2.16. The average molecular weight is 306 g/mol. The van der Waals surface area contributed by atoms with Crippen molar-refractivity contribution in [3.63, 3.8) is 0 Å². The molecule has 0 radical (unpaired) electrons. The third-order valence-electron chi connectivity index (χ3n) is 3.69. The maximum absolute atomic E-state index is 11.8. The van der Waals surface area contributed by atoms with Crippen LogP contribution >= 0.6 is 0 Å². The number of hydrogen-bond acceptors (Lipinski definition) is 4. The molecule has 2 rings (SSSR count). The van der Waals surface area contributed by atoms with Crippen molar-refractivity contribution < 1.29 is 14.3 Å². The van der Waals surface area contributed by atoms with Crippen molar-refractivity contribution in [2.45, 2.75) is 44.6 Å². The fourth-order valence-corrected chi connectivity index (χ4v) is 2.42. The van der Waals surface area contributed by atoms with Gasteiger partial charge in [-0.05, 0) is 43.7 Å². The third-order valence-corrected chi connectivity index (χ3v) is 3.69. The zero-order valence-electron chi connectivity index (χ0n) is 13.1. The lowest BCUT2D eigenvalue weighted by Crippen LogP contribution is -2.15. The Labute approximate surface area is 132 Å². The molecule has 1 aliphatic heterocycles. The van der Waals surface area contributed by atoms with Crippen LogP contribution in [0.15, 0.2) is 24.3 Å². The predicted molar refractivity (Wildman–Crippen MR) is 87.1 cm³/mol. The zero-order chi connectivity index (χ0) is 15.6. The number of nitrogens with two attached hydrogens (primary N) is 1. The third kappa shape index (κ3) is 6.03. The topological polar surface area (TPSA) is 73.6 Å². The number of ether oxygens (including phenoxy) is 2. The molecule has 1 amide bonds. The highest BCUT2D eigenvalue weighted by atomic mass is 16.5. The maximum atomic E-state index is 11.8. The molecular formula is C17H26N2O3. The molecule has 0 spiro atoms. The van der Waals surface area contributed by atoms with Gasteiger partial charge < -0.3 is 20.5 Å². The van der Waals surface area contributed by atoms with Crippen LogP contribution in [0.1, 0.15) is 38.5 Å². The summed E-state index contributed by atoms with van der Waals surface area (Å²) in [5.41, 5.74) is 6.25. The quantitative estimate of drug-likeness (QED) is 0.688. The van der Waals surface area contributed by atoms with Gasteiger partial charge in [0.1, 0.15) is 11.9 Å². The second-order valence-electron chi connectivity index (χ2n) is 5.63. The van der Waals surface area contributed by atoms with Gasteiger partial charge in [-0.2, -0.15) is 0 Å². The molecule has 1 aromatic carbocycles. The van der Waals surface area contributed by atoms with Gasteiger partial charge in [-0.1, -0.05) is 12.8 Å². The number of unbranched alkanes of at least 4 members (excludes halogenated alkanes) is 3. The molecule has 1 saturated heterocycles. The van der Waals surface area contributed by atoms with Crippen molar-refractivity contribution in [2.24, 2.45) is 5.73 Å². The standard InChI is InChI=1S/C17H26N2O3/c18-11-4-2-1-3-5-17(20)19-14-6-8-15(9-7-14)22-16-10-12-21-13-16/h6-9,16H,1-5,10-13,18H2,(H,19,20). The summed E-state index contributed by atoms with van der Waals surface area (Å²) in [6, 6.07) is 7.51. The van der Waals surface area contributed by atoms with Crippen molar-refractivity contribution in [3.05, 3.63) is 24.3 Å². The fraction of sp³-hybridized carbons (Fsp3) is 0.588. The normalized spacial score (nSPS) is 17.4. The van der Waals surface area contributed by atoms with E-state index in [1.807, 2.05) is 24.3 Å². The number of carbonyl (C=O) groups excluding carboxylic acids is 1. The van der Waals surface area contributed by atoms with Crippen LogP contribution in [0.5, 0.6) is 5.75 Å². The average Bonchev–Trinajstić information content (AvgIpc) is 3.02. The number of hydrogen-bond donors (Lipinski definition) is 2. The molecule has 122 valence electrons. The SMILES string of the molecule is NCCCCCCC(=O)Nc1ccc(OC2CCOC2)cc1. The Morgan fingerprint density at radius 1 is 1.23 bits per heavy atom. The second-order valence-corrected chi connectivity index (χ2v) is 5.63. The monoisotopic (exact) mass is 306 g/mol. The van der Waals surface area contributed by atoms with Gasteiger partial charge in [-0.15, -0.1) is 0 Å². The molecule has 1 aliphatic rings. The summed E-state index contributed by atoms with van der Waals surface area (Å²) in [6.07, 6.45) is 5.74. The zero-order valence-corrected chi connectivity index (χ0v) is 13.1. The van der Waals surface area contributed by atoms with Crippen molar-refractivity contribution in [1.82, 2.24) is 0 Å². The van der Waals surface area contributed by atoms with E-state index in [1.54, 1.807) is 0 Å². The first-order chi connectivity index (χ1) is 10.8. The second kappa shape index (κ2) is 9.43. The Balaban J connectivity index is 1.67. The molecule has 0 aliphatic carbocycles. The number of amides is 1. The Hall–Kier alpha value is -1.59. The molecule has 5 nitrogen and oxygen atoms in total. The summed E-state index contributed by atoms with van der Waals surface area (Å²) in [6.45, 7) is 2.15. The highest BCUT2D eigenvalue weighted by molar-refractivity contribution is 5.90. The lowest BCUT2D eigenvalue weighted by Gasteiger charge is -2.12. The van der Waals surface area contributed by atoms with Crippen LogP contribution in [0.25, 0.3) is 0 Å². The molecular weight excluding hydrogens is 280 g/mol. The van der Waals surface area contributed by atoms with E-state index in [2.05, 4.69) is 5.32 Å². The van der Waals surface area contributed by atoms with Gasteiger partial charge in [0.15, 0.2) is 0 Å². The molecule has 3 N–H and O–H groups in total. The fourth-order valence-electron chi connectivity index (χ4n) is 2.42. The Morgan fingerprint density at radius 3 is 2.68 bits per heavy atom. The van der Waals surface area contributed by atoms with E-state index in [-0.39, 0.29) is 12.0 Å². The van der Waals surface area contributed by atoms with E-state index in [0.29, 0.717) is 13.0 Å². The molecule has 1 heterocycles. The Bertz CT molecular complexity index is 442. The molecule has 1 unspecified atom stereocenters. The molecule has 5 heteroatoms. The van der Waals surface area contributed by atoms with Crippen molar-refractivity contribution in [1.29, 1.82) is 0 Å². The van der Waals surface area contributed by atoms with Gasteiger partial charge >= 0.3 is 0 Å². The molecule has 1 atom stereocenters. The smallest absolute Gasteiger partial charge is 0.224 e. The number of carbonyl (C=O) groups is 1. The van der Waals surface area contributed by atoms with Gasteiger partial charge in [-0.25, -0.2) is 0 Å². The first-order valence-corrected chi connectivity index (χ1v) is 8.12. The summed E-state index contributed by atoms with van der Waals surface area (Å²) in [5.74, 6) is 0.876. The van der Waals surface area contributed by atoms with Crippen LogP contribution in [-0.4, -0.2) is 31.8 Å². The number of anilines is 1. The van der Waals surface area contributed by atoms with Gasteiger partial charge in [0.05, 0.1) is 13.2 Å². The Morgan fingerprint density at radius 2 is 2.00 bits per heavy atom. The Kier molecular flexibility index (Phi) is 7.19. The van der Waals surface area contributed by atoms with Crippen molar-refractivity contribution in [3.8, 4) is 5.75 Å². The van der Waals surface area contributed by atoms with E-state index in [4.69, 9.17) is 15.2 Å². The largest absolute Gasteiger partial charge is 0.488 e. The summed E-state index contributed by atoms with van der Waals surface area (Å²) >= 11 is 0. The van der Waals surface area contributed by atoms with Gasteiger partial charge in [0.25, 0.3) is 0 Å². The predicted octanol–water partition coefficient (Wildman–Crippen LogP) is 2.70. The van der Waals surface area contributed by atoms with E-state index in [0.717, 1.165) is 56.7 Å². The van der Waals surface area contributed by atoms with Crippen LogP contribution in [0.4, 0.5) is 5.69 Å². The molecule has 22 heavy (non-hydrogen) atoms. The van der Waals surface area contributed by atoms with E-state index in [1.165, 1.54) is 0 Å². The first kappa shape index (κ1) is 16.8. The number of nitrogens with one attached hydrogen (secondary N) is 1. The number of rotatable bonds is 9. The molecule has 1 aromatic rings. The van der Waals surface area contributed by atoms with Crippen molar-refractivity contribution in [2.75, 3.05) is 25.1 Å². The summed E-state index contributed by atoms with van der Waals surface area (Å²) in [5, 5.41) is 2.91. The van der Waals surface area contributed by atoms with Gasteiger partial charge in [-0.3, -0.25) is 4.79 Å². The number of benzene rings is 1. The molecule has 0 aromatic heterocycles. The molecule has 0 saturated carbocycles. The van der Waals surface area contributed by atoms with Gasteiger partial charge in [0.2, 0.25) is 5.91 Å². The van der Waals surface area contributed by atoms with Crippen molar-refractivity contribution >= 4 is 11.6 Å². The lowest BCUT2D eigenvalue weighted by atomic mass is 10.1. The van der Waals surface area contributed by atoms with Crippen LogP contribution in [0, 0.1) is 0 Å². The van der Waals surface area contributed by atoms with E-state index < -0.39 is 0 Å². The minimum Gasteiger partial charge on any atom is -0.488 e. The summed E-state index contributed by atoms with van der Waals surface area (Å²) in [7, 11) is 0. The minimum atomic E-state index is 0.0607. The van der Waals surface area contributed by atoms with Gasteiger partial charge in [0, 0.05) is 18.5 Å². The molecule has 1 fully saturated rings. The maximum Gasteiger partial charge on any atom is 0.224 e. The lowest BCUT2D eigenvalue weighted by molar-refractivity contribution is -0.116. The minimum absolute atomic E-state index is 0.0607.